The van der Waals surface area contributed by atoms with Crippen LogP contribution in [-0.2, 0) is 16.5 Å². The zero-order chi connectivity index (χ0) is 14.8. The Hall–Kier alpha value is -1.44. The van der Waals surface area contributed by atoms with Gasteiger partial charge in [-0.25, -0.2) is 14.1 Å². The van der Waals surface area contributed by atoms with Crippen LogP contribution in [0.4, 0.5) is 4.79 Å². The Balaban J connectivity index is 2.14. The minimum absolute atomic E-state index is 0.327. The molecule has 110 valence electrons. The lowest BCUT2D eigenvalue weighted by Crippen LogP contribution is -2.21. The Kier molecular flexibility index (Phi) is 4.42. The van der Waals surface area contributed by atoms with Crippen LogP contribution in [0, 0.1) is 5.92 Å². The molecule has 0 aliphatic heterocycles. The fraction of sp³-hybridized carbons (Fsp3) is 0.462. The predicted molar refractivity (Wildman–Crippen MR) is 78.1 cm³/mol. The summed E-state index contributed by atoms with van der Waals surface area (Å²) in [6, 6.07) is 6.00. The number of carbonyl (C=O) groups is 1. The Morgan fingerprint density at radius 1 is 1.50 bits per heavy atom. The second-order valence-corrected chi connectivity index (χ2v) is 7.08. The van der Waals surface area contributed by atoms with Gasteiger partial charge in [0.15, 0.2) is 0 Å². The molecule has 2 rings (SSSR count). The van der Waals surface area contributed by atoms with Crippen LogP contribution in [-0.4, -0.2) is 28.7 Å². The molecule has 6 nitrogen and oxygen atoms in total. The highest BCUT2D eigenvalue weighted by Gasteiger charge is 2.22. The molecule has 0 saturated heterocycles. The molecule has 0 bridgehead atoms. The summed E-state index contributed by atoms with van der Waals surface area (Å²) in [5.74, 6) is 0.812. The highest BCUT2D eigenvalue weighted by molar-refractivity contribution is 7.91. The third kappa shape index (κ3) is 4.29. The van der Waals surface area contributed by atoms with Gasteiger partial charge in [-0.3, -0.25) is 0 Å². The predicted octanol–water partition coefficient (Wildman–Crippen LogP) is 1.31. The summed E-state index contributed by atoms with van der Waals surface area (Å²) in [6.07, 6.45) is 2.61. The molecule has 1 saturated carbocycles. The molecule has 20 heavy (non-hydrogen) atoms. The summed E-state index contributed by atoms with van der Waals surface area (Å²) < 4.78 is 15.4. The van der Waals surface area contributed by atoms with Gasteiger partial charge < -0.3 is 10.6 Å². The largest absolute Gasteiger partial charge is 0.349 e. The van der Waals surface area contributed by atoms with Crippen molar-refractivity contribution in [1.29, 1.82) is 0 Å². The molecule has 4 N–H and O–H groups in total. The maximum atomic E-state index is 12.1. The van der Waals surface area contributed by atoms with Crippen LogP contribution >= 0.6 is 0 Å². The quantitative estimate of drug-likeness (QED) is 0.856. The Labute approximate surface area is 119 Å². The van der Waals surface area contributed by atoms with Crippen LogP contribution in [0.5, 0.6) is 0 Å². The van der Waals surface area contributed by atoms with Crippen molar-refractivity contribution in [2.45, 2.75) is 24.3 Å². The number of nitrogens with zero attached hydrogens (tertiary/aromatic N) is 2. The molecular weight excluding hydrogens is 276 g/mol. The van der Waals surface area contributed by atoms with E-state index < -0.39 is 15.9 Å². The normalized spacial score (nSPS) is 17.8. The van der Waals surface area contributed by atoms with E-state index in [-0.39, 0.29) is 0 Å². The lowest BCUT2D eigenvalue weighted by atomic mass is 10.2. The Morgan fingerprint density at radius 3 is 2.80 bits per heavy atom. The van der Waals surface area contributed by atoms with E-state index in [1.165, 1.54) is 12.8 Å². The molecule has 1 unspecified atom stereocenters. The molecule has 2 amide bonds. The number of benzene rings is 1. The molecule has 0 aromatic heterocycles. The van der Waals surface area contributed by atoms with E-state index in [9.17, 15) is 9.00 Å². The minimum Gasteiger partial charge on any atom is -0.349 e. The van der Waals surface area contributed by atoms with Crippen molar-refractivity contribution in [3.8, 4) is 0 Å². The molecule has 1 aliphatic rings. The lowest BCUT2D eigenvalue weighted by molar-refractivity contribution is 0.257. The molecular formula is C13H20N4O2S. The van der Waals surface area contributed by atoms with Gasteiger partial charge in [-0.05, 0) is 43.5 Å². The zero-order valence-electron chi connectivity index (χ0n) is 11.5. The molecule has 1 atom stereocenters. The zero-order valence-corrected chi connectivity index (χ0v) is 12.3. The van der Waals surface area contributed by atoms with E-state index in [4.69, 9.17) is 10.9 Å². The molecule has 1 aliphatic carbocycles. The highest BCUT2D eigenvalue weighted by Crippen LogP contribution is 2.29. The molecule has 1 aromatic rings. The number of amides is 2. The second kappa shape index (κ2) is 5.90. The topological polar surface area (TPSA) is 102 Å². The third-order valence-corrected chi connectivity index (χ3v) is 4.56. The summed E-state index contributed by atoms with van der Waals surface area (Å²) in [5.41, 5.74) is 5.91. The first kappa shape index (κ1) is 15.0. The van der Waals surface area contributed by atoms with Crippen molar-refractivity contribution < 1.29 is 9.00 Å². The van der Waals surface area contributed by atoms with Crippen molar-refractivity contribution in [1.82, 2.24) is 4.90 Å². The first-order valence-electron chi connectivity index (χ1n) is 6.48. The second-order valence-electron chi connectivity index (χ2n) is 5.29. The third-order valence-electron chi connectivity index (χ3n) is 3.18. The van der Waals surface area contributed by atoms with Crippen LogP contribution in [0.1, 0.15) is 18.4 Å². The summed E-state index contributed by atoms with van der Waals surface area (Å²) in [5, 5.41) is 5.58. The fourth-order valence-corrected chi connectivity index (χ4v) is 3.10. The van der Waals surface area contributed by atoms with Gasteiger partial charge in [-0.15, -0.1) is 4.36 Å². The fourth-order valence-electron chi connectivity index (χ4n) is 2.13. The summed E-state index contributed by atoms with van der Waals surface area (Å²) in [6.45, 7) is 1.81. The van der Waals surface area contributed by atoms with Gasteiger partial charge in [0.25, 0.3) is 0 Å². The number of primary amides is 1. The van der Waals surface area contributed by atoms with Crippen molar-refractivity contribution in [2.24, 2.45) is 21.2 Å². The molecule has 1 fully saturated rings. The number of hydrogen-bond acceptors (Lipinski definition) is 3. The van der Waals surface area contributed by atoms with Crippen LogP contribution in [0.25, 0.3) is 0 Å². The molecule has 0 heterocycles. The van der Waals surface area contributed by atoms with E-state index in [1.54, 1.807) is 18.2 Å². The molecule has 1 aromatic carbocycles. The summed E-state index contributed by atoms with van der Waals surface area (Å²) in [4.78, 5) is 13.3. The van der Waals surface area contributed by atoms with Crippen molar-refractivity contribution in [3.63, 3.8) is 0 Å². The maximum Gasteiger partial charge on any atom is 0.347 e. The van der Waals surface area contributed by atoms with Crippen molar-refractivity contribution in [3.05, 3.63) is 29.8 Å². The number of urea groups is 1. The average Bonchev–Trinajstić information content (AvgIpc) is 3.11. The number of carbonyl (C=O) groups excluding carboxylic acids is 1. The van der Waals surface area contributed by atoms with Crippen LogP contribution < -0.4 is 10.9 Å². The van der Waals surface area contributed by atoms with E-state index >= 15 is 0 Å². The van der Waals surface area contributed by atoms with Gasteiger partial charge >= 0.3 is 6.03 Å². The van der Waals surface area contributed by atoms with Gasteiger partial charge in [0.2, 0.25) is 0 Å². The lowest BCUT2D eigenvalue weighted by Gasteiger charge is -2.16. The highest BCUT2D eigenvalue weighted by atomic mass is 32.2. The number of rotatable bonds is 5. The van der Waals surface area contributed by atoms with E-state index in [1.807, 2.05) is 6.07 Å². The Bertz CT molecular complexity index is 619. The first-order chi connectivity index (χ1) is 9.37. The molecule has 0 radical (unpaired) electrons. The van der Waals surface area contributed by atoms with Gasteiger partial charge in [-0.1, -0.05) is 12.1 Å². The smallest absolute Gasteiger partial charge is 0.347 e. The van der Waals surface area contributed by atoms with E-state index in [0.29, 0.717) is 4.90 Å². The standard InChI is InChI=1S/C13H20N4O2S/c1-17(8-10-5-6-10)9-11-3-2-4-12(7-11)20(15,19)16-13(14)18/h2-4,7,10H,5-6,8-9H2,1H3,(H4,14,15,16,18,19). The van der Waals surface area contributed by atoms with E-state index in [0.717, 1.165) is 24.6 Å². The van der Waals surface area contributed by atoms with Crippen LogP contribution in [0.2, 0.25) is 0 Å². The first-order valence-corrected chi connectivity index (χ1v) is 8.06. The number of hydrogen-bond donors (Lipinski definition) is 2. The molecule has 0 spiro atoms. The summed E-state index contributed by atoms with van der Waals surface area (Å²) >= 11 is 0. The van der Waals surface area contributed by atoms with Crippen molar-refractivity contribution >= 4 is 15.9 Å². The molecule has 7 heteroatoms. The van der Waals surface area contributed by atoms with Crippen LogP contribution in [0.3, 0.4) is 0 Å². The van der Waals surface area contributed by atoms with Gasteiger partial charge in [0.05, 0.1) is 4.90 Å². The number of nitrogens with two attached hydrogens (primary N) is 2. The monoisotopic (exact) mass is 296 g/mol. The van der Waals surface area contributed by atoms with Gasteiger partial charge in [0, 0.05) is 13.1 Å². The SMILES string of the molecule is CN(Cc1cccc(S(N)(=O)=NC(N)=O)c1)CC1CC1. The maximum absolute atomic E-state index is 12.1. The van der Waals surface area contributed by atoms with Crippen LogP contribution in [0.15, 0.2) is 33.5 Å². The summed E-state index contributed by atoms with van der Waals surface area (Å²) in [7, 11) is -1.19. The minimum atomic E-state index is -3.25. The average molecular weight is 296 g/mol. The Morgan fingerprint density at radius 2 is 2.20 bits per heavy atom. The van der Waals surface area contributed by atoms with Gasteiger partial charge in [-0.2, -0.15) is 0 Å². The van der Waals surface area contributed by atoms with Gasteiger partial charge in [0.1, 0.15) is 9.92 Å². The van der Waals surface area contributed by atoms with Crippen molar-refractivity contribution in [2.75, 3.05) is 13.6 Å². The van der Waals surface area contributed by atoms with E-state index in [2.05, 4.69) is 16.3 Å².